The van der Waals surface area contributed by atoms with E-state index in [0.717, 1.165) is 12.1 Å². The van der Waals surface area contributed by atoms with Crippen LogP contribution in [0.3, 0.4) is 0 Å². The Bertz CT molecular complexity index is 548. The molecule has 1 aromatic carbocycles. The fraction of sp³-hybridized carbons (Fsp3) is 0.467. The molecular weight excluding hydrogens is 272 g/mol. The summed E-state index contributed by atoms with van der Waals surface area (Å²) in [6, 6.07) is 7.78. The first-order valence-electron chi connectivity index (χ1n) is 7.01. The molecule has 1 aliphatic carbocycles. The maximum absolute atomic E-state index is 12.4. The molecule has 0 radical (unpaired) electrons. The van der Waals surface area contributed by atoms with Crippen LogP contribution in [0.4, 0.5) is 0 Å². The van der Waals surface area contributed by atoms with E-state index >= 15 is 0 Å². The summed E-state index contributed by atoms with van der Waals surface area (Å²) >= 11 is 0. The summed E-state index contributed by atoms with van der Waals surface area (Å²) in [6.07, 6.45) is 4.11. The van der Waals surface area contributed by atoms with Crippen molar-refractivity contribution in [1.29, 1.82) is 0 Å². The van der Waals surface area contributed by atoms with Crippen LogP contribution >= 0.6 is 0 Å². The Kier molecular flexibility index (Phi) is 4.96. The molecule has 0 atom stereocenters. The molecule has 0 spiro atoms. The van der Waals surface area contributed by atoms with E-state index in [2.05, 4.69) is 11.9 Å². The van der Waals surface area contributed by atoms with Gasteiger partial charge in [0.1, 0.15) is 0 Å². The summed E-state index contributed by atoms with van der Waals surface area (Å²) in [4.78, 5) is 0.344. The van der Waals surface area contributed by atoms with Crippen LogP contribution in [-0.4, -0.2) is 31.9 Å². The second-order valence-corrected chi connectivity index (χ2v) is 6.98. The maximum atomic E-state index is 12.4. The van der Waals surface area contributed by atoms with Crippen molar-refractivity contribution in [2.24, 2.45) is 0 Å². The highest BCUT2D eigenvalue weighted by Crippen LogP contribution is 2.20. The van der Waals surface area contributed by atoms with Crippen molar-refractivity contribution in [1.82, 2.24) is 9.62 Å². The first kappa shape index (κ1) is 15.2. The molecule has 20 heavy (non-hydrogen) atoms. The van der Waals surface area contributed by atoms with Gasteiger partial charge in [0.2, 0.25) is 10.0 Å². The van der Waals surface area contributed by atoms with E-state index in [0.29, 0.717) is 24.0 Å². The lowest BCUT2D eigenvalue weighted by atomic mass is 10.2. The number of rotatable bonds is 8. The van der Waals surface area contributed by atoms with Crippen molar-refractivity contribution in [3.8, 4) is 0 Å². The van der Waals surface area contributed by atoms with Gasteiger partial charge in [0.15, 0.2) is 0 Å². The molecule has 0 unspecified atom stereocenters. The largest absolute Gasteiger partial charge is 0.310 e. The van der Waals surface area contributed by atoms with Crippen LogP contribution < -0.4 is 5.32 Å². The topological polar surface area (TPSA) is 49.4 Å². The third-order valence-corrected chi connectivity index (χ3v) is 5.37. The molecule has 2 rings (SSSR count). The van der Waals surface area contributed by atoms with E-state index in [1.165, 1.54) is 17.1 Å². The van der Waals surface area contributed by atoms with Gasteiger partial charge in [0.05, 0.1) is 4.90 Å². The maximum Gasteiger partial charge on any atom is 0.243 e. The summed E-state index contributed by atoms with van der Waals surface area (Å²) in [5, 5.41) is 3.41. The number of nitrogens with zero attached hydrogens (tertiary/aromatic N) is 1. The zero-order valence-corrected chi connectivity index (χ0v) is 12.7. The smallest absolute Gasteiger partial charge is 0.243 e. The Morgan fingerprint density at radius 1 is 1.35 bits per heavy atom. The molecule has 1 aliphatic rings. The van der Waals surface area contributed by atoms with Crippen LogP contribution in [0, 0.1) is 0 Å². The number of hydrogen-bond donors (Lipinski definition) is 1. The summed E-state index contributed by atoms with van der Waals surface area (Å²) in [5.41, 5.74) is 1.11. The van der Waals surface area contributed by atoms with E-state index in [1.54, 1.807) is 18.2 Å². The number of likely N-dealkylation sites (N-methyl/N-ethyl adjacent to an activating group) is 1. The van der Waals surface area contributed by atoms with Crippen LogP contribution in [0.2, 0.25) is 0 Å². The minimum absolute atomic E-state index is 0.337. The molecule has 1 saturated carbocycles. The lowest BCUT2D eigenvalue weighted by Gasteiger charge is -2.18. The lowest BCUT2D eigenvalue weighted by molar-refractivity contribution is 0.460. The van der Waals surface area contributed by atoms with Gasteiger partial charge in [-0.1, -0.05) is 25.1 Å². The van der Waals surface area contributed by atoms with Crippen molar-refractivity contribution < 1.29 is 8.42 Å². The molecule has 0 bridgehead atoms. The van der Waals surface area contributed by atoms with E-state index in [-0.39, 0.29) is 0 Å². The predicted octanol–water partition coefficient (Wildman–Crippen LogP) is 2.14. The van der Waals surface area contributed by atoms with Gasteiger partial charge >= 0.3 is 0 Å². The van der Waals surface area contributed by atoms with Crippen molar-refractivity contribution >= 4 is 10.0 Å². The van der Waals surface area contributed by atoms with Crippen LogP contribution in [-0.2, 0) is 16.6 Å². The highest BCUT2D eigenvalue weighted by Gasteiger charge is 2.22. The fourth-order valence-electron chi connectivity index (χ4n) is 2.02. The van der Waals surface area contributed by atoms with Gasteiger partial charge in [-0.05, 0) is 30.5 Å². The van der Waals surface area contributed by atoms with E-state index < -0.39 is 10.0 Å². The molecule has 1 N–H and O–H groups in total. The average Bonchev–Trinajstić information content (AvgIpc) is 3.27. The third-order valence-electron chi connectivity index (χ3n) is 3.42. The summed E-state index contributed by atoms with van der Waals surface area (Å²) < 4.78 is 26.2. The van der Waals surface area contributed by atoms with Crippen molar-refractivity contribution in [3.05, 3.63) is 42.5 Å². The molecular formula is C15H22N2O2S. The first-order chi connectivity index (χ1) is 9.57. The van der Waals surface area contributed by atoms with Gasteiger partial charge in [0.25, 0.3) is 0 Å². The number of sulfonamides is 1. The highest BCUT2D eigenvalue weighted by atomic mass is 32.2. The van der Waals surface area contributed by atoms with Gasteiger partial charge in [-0.25, -0.2) is 8.42 Å². The Balaban J connectivity index is 2.08. The minimum atomic E-state index is -3.41. The molecule has 0 aromatic heterocycles. The van der Waals surface area contributed by atoms with Crippen molar-refractivity contribution in [2.75, 3.05) is 13.1 Å². The Hall–Kier alpha value is -1.17. The minimum Gasteiger partial charge on any atom is -0.310 e. The monoisotopic (exact) mass is 294 g/mol. The molecule has 1 aromatic rings. The second-order valence-electron chi connectivity index (χ2n) is 5.04. The zero-order chi connectivity index (χ0) is 14.6. The van der Waals surface area contributed by atoms with Crippen LogP contribution in [0.25, 0.3) is 0 Å². The molecule has 0 aliphatic heterocycles. The van der Waals surface area contributed by atoms with Crippen LogP contribution in [0.1, 0.15) is 25.3 Å². The molecule has 4 nitrogen and oxygen atoms in total. The molecule has 0 heterocycles. The Labute approximate surface area is 121 Å². The highest BCUT2D eigenvalue weighted by molar-refractivity contribution is 7.89. The third kappa shape index (κ3) is 3.69. The number of hydrogen-bond acceptors (Lipinski definition) is 3. The van der Waals surface area contributed by atoms with E-state index in [9.17, 15) is 8.42 Å². The van der Waals surface area contributed by atoms with Crippen LogP contribution in [0.5, 0.6) is 0 Å². The summed E-state index contributed by atoms with van der Waals surface area (Å²) in [7, 11) is -3.41. The Morgan fingerprint density at radius 3 is 2.50 bits per heavy atom. The second kappa shape index (κ2) is 6.52. The van der Waals surface area contributed by atoms with Crippen molar-refractivity contribution in [2.45, 2.75) is 37.2 Å². The average molecular weight is 294 g/mol. The van der Waals surface area contributed by atoms with Gasteiger partial charge < -0.3 is 5.32 Å². The van der Waals surface area contributed by atoms with E-state index in [4.69, 9.17) is 0 Å². The summed E-state index contributed by atoms with van der Waals surface area (Å²) in [6.45, 7) is 7.01. The lowest BCUT2D eigenvalue weighted by Crippen LogP contribution is -2.31. The van der Waals surface area contributed by atoms with E-state index in [1.807, 2.05) is 19.1 Å². The van der Waals surface area contributed by atoms with Gasteiger partial charge in [-0.15, -0.1) is 6.58 Å². The van der Waals surface area contributed by atoms with Crippen LogP contribution in [0.15, 0.2) is 41.8 Å². The Morgan fingerprint density at radius 2 is 2.00 bits per heavy atom. The van der Waals surface area contributed by atoms with Crippen molar-refractivity contribution in [3.63, 3.8) is 0 Å². The predicted molar refractivity (Wildman–Crippen MR) is 80.9 cm³/mol. The van der Waals surface area contributed by atoms with Gasteiger partial charge in [-0.3, -0.25) is 0 Å². The fourth-order valence-corrected chi connectivity index (χ4v) is 3.44. The molecule has 110 valence electrons. The SMILES string of the molecule is C=CCN(CC)S(=O)(=O)c1ccc(CNC2CC2)cc1. The molecule has 1 fully saturated rings. The summed E-state index contributed by atoms with van der Waals surface area (Å²) in [5.74, 6) is 0. The van der Waals surface area contributed by atoms with Gasteiger partial charge in [0, 0.05) is 25.7 Å². The van der Waals surface area contributed by atoms with Gasteiger partial charge in [-0.2, -0.15) is 4.31 Å². The molecule has 0 saturated heterocycles. The molecule has 0 amide bonds. The quantitative estimate of drug-likeness (QED) is 0.747. The molecule has 5 heteroatoms. The normalized spacial score (nSPS) is 15.5. The zero-order valence-electron chi connectivity index (χ0n) is 11.9. The number of nitrogens with one attached hydrogen (secondary N) is 1. The number of benzene rings is 1. The first-order valence-corrected chi connectivity index (χ1v) is 8.45. The standard InChI is InChI=1S/C15H22N2O2S/c1-3-11-17(4-2)20(18,19)15-9-5-13(6-10-15)12-16-14-7-8-14/h3,5-6,9-10,14,16H,1,4,7-8,11-12H2,2H3.